The van der Waals surface area contributed by atoms with E-state index in [1.54, 1.807) is 7.11 Å². The number of aromatic nitrogens is 2. The Morgan fingerprint density at radius 2 is 1.95 bits per heavy atom. The minimum absolute atomic E-state index is 0.627. The maximum absolute atomic E-state index is 5.69. The van der Waals surface area contributed by atoms with E-state index >= 15 is 0 Å². The highest BCUT2D eigenvalue weighted by Crippen LogP contribution is 2.32. The van der Waals surface area contributed by atoms with E-state index in [9.17, 15) is 0 Å². The van der Waals surface area contributed by atoms with Gasteiger partial charge in [-0.3, -0.25) is 5.10 Å². The van der Waals surface area contributed by atoms with Crippen molar-refractivity contribution in [2.75, 3.05) is 13.7 Å². The number of hydrogen-bond donors (Lipinski definition) is 2. The van der Waals surface area contributed by atoms with Crippen molar-refractivity contribution in [3.05, 3.63) is 34.5 Å². The summed E-state index contributed by atoms with van der Waals surface area (Å²) < 4.78 is 5.35. The van der Waals surface area contributed by atoms with Crippen LogP contribution in [0.15, 0.2) is 12.1 Å². The lowest BCUT2D eigenvalue weighted by Gasteiger charge is -2.12. The number of aryl methyl sites for hydroxylation is 1. The third-order valence-corrected chi connectivity index (χ3v) is 3.68. The second kappa shape index (κ2) is 5.45. The number of aromatic amines is 1. The highest BCUT2D eigenvalue weighted by atomic mass is 16.5. The molecule has 0 unspecified atom stereocenters. The SMILES string of the molecule is COc1ccc(-c2n[nH]c(C)c2CCN)c(C)c1C. The molecule has 0 radical (unpaired) electrons. The Morgan fingerprint density at radius 1 is 1.21 bits per heavy atom. The maximum Gasteiger partial charge on any atom is 0.122 e. The van der Waals surface area contributed by atoms with Crippen LogP contribution in [0.5, 0.6) is 5.75 Å². The van der Waals surface area contributed by atoms with E-state index in [0.29, 0.717) is 6.54 Å². The highest BCUT2D eigenvalue weighted by Gasteiger charge is 2.15. The van der Waals surface area contributed by atoms with Gasteiger partial charge in [-0.25, -0.2) is 0 Å². The molecule has 0 fully saturated rings. The molecule has 0 aliphatic rings. The van der Waals surface area contributed by atoms with E-state index in [1.807, 2.05) is 13.0 Å². The quantitative estimate of drug-likeness (QED) is 0.886. The van der Waals surface area contributed by atoms with Gasteiger partial charge in [0.1, 0.15) is 5.75 Å². The first kappa shape index (κ1) is 13.6. The normalized spacial score (nSPS) is 10.8. The van der Waals surface area contributed by atoms with E-state index in [4.69, 9.17) is 10.5 Å². The first-order valence-electron chi connectivity index (χ1n) is 6.48. The van der Waals surface area contributed by atoms with E-state index in [1.165, 1.54) is 11.1 Å². The van der Waals surface area contributed by atoms with Gasteiger partial charge in [0, 0.05) is 16.8 Å². The predicted molar refractivity (Wildman–Crippen MR) is 77.5 cm³/mol. The summed E-state index contributed by atoms with van der Waals surface area (Å²) in [4.78, 5) is 0. The second-order valence-corrected chi connectivity index (χ2v) is 4.78. The average Bonchev–Trinajstić information content (AvgIpc) is 2.75. The molecular weight excluding hydrogens is 238 g/mol. The van der Waals surface area contributed by atoms with Crippen molar-refractivity contribution in [2.24, 2.45) is 5.73 Å². The number of nitrogens with zero attached hydrogens (tertiary/aromatic N) is 1. The van der Waals surface area contributed by atoms with Crippen molar-refractivity contribution in [1.29, 1.82) is 0 Å². The lowest BCUT2D eigenvalue weighted by Crippen LogP contribution is -2.04. The summed E-state index contributed by atoms with van der Waals surface area (Å²) in [5, 5.41) is 7.50. The topological polar surface area (TPSA) is 63.9 Å². The summed E-state index contributed by atoms with van der Waals surface area (Å²) in [5.41, 5.74) is 12.5. The van der Waals surface area contributed by atoms with Gasteiger partial charge in [0.05, 0.1) is 12.8 Å². The van der Waals surface area contributed by atoms with Crippen LogP contribution in [0.25, 0.3) is 11.3 Å². The molecule has 3 N–H and O–H groups in total. The van der Waals surface area contributed by atoms with Crippen LogP contribution in [-0.2, 0) is 6.42 Å². The summed E-state index contributed by atoms with van der Waals surface area (Å²) >= 11 is 0. The Labute approximate surface area is 114 Å². The Kier molecular flexibility index (Phi) is 3.90. The summed E-state index contributed by atoms with van der Waals surface area (Å²) in [6.45, 7) is 6.83. The number of hydrogen-bond acceptors (Lipinski definition) is 3. The first-order chi connectivity index (χ1) is 9.10. The molecule has 0 aliphatic carbocycles. The largest absolute Gasteiger partial charge is 0.496 e. The van der Waals surface area contributed by atoms with Crippen molar-refractivity contribution in [3.8, 4) is 17.0 Å². The Bertz CT molecular complexity index is 587. The Balaban J connectivity index is 2.56. The summed E-state index contributed by atoms with van der Waals surface area (Å²) in [7, 11) is 1.69. The number of H-pyrrole nitrogens is 1. The summed E-state index contributed by atoms with van der Waals surface area (Å²) in [5.74, 6) is 0.911. The molecule has 2 rings (SSSR count). The number of methoxy groups -OCH3 is 1. The molecule has 0 bridgehead atoms. The number of nitrogens with two attached hydrogens (primary N) is 1. The molecule has 4 nitrogen and oxygen atoms in total. The molecule has 4 heteroatoms. The molecular formula is C15H21N3O. The average molecular weight is 259 g/mol. The molecule has 0 atom stereocenters. The van der Waals surface area contributed by atoms with Gasteiger partial charge in [-0.05, 0) is 57.0 Å². The highest BCUT2D eigenvalue weighted by molar-refractivity contribution is 5.70. The van der Waals surface area contributed by atoms with Gasteiger partial charge in [0.2, 0.25) is 0 Å². The van der Waals surface area contributed by atoms with Gasteiger partial charge < -0.3 is 10.5 Å². The van der Waals surface area contributed by atoms with Gasteiger partial charge in [-0.15, -0.1) is 0 Å². The first-order valence-corrected chi connectivity index (χ1v) is 6.48. The second-order valence-electron chi connectivity index (χ2n) is 4.78. The molecule has 0 spiro atoms. The fourth-order valence-corrected chi connectivity index (χ4v) is 2.40. The van der Waals surface area contributed by atoms with Crippen LogP contribution < -0.4 is 10.5 Å². The number of rotatable bonds is 4. The molecule has 0 aliphatic heterocycles. The zero-order valence-corrected chi connectivity index (χ0v) is 12.0. The number of nitrogens with one attached hydrogen (secondary N) is 1. The monoisotopic (exact) mass is 259 g/mol. The molecule has 1 heterocycles. The molecule has 102 valence electrons. The molecule has 1 aromatic carbocycles. The van der Waals surface area contributed by atoms with E-state index in [2.05, 4.69) is 30.1 Å². The van der Waals surface area contributed by atoms with Crippen molar-refractivity contribution in [2.45, 2.75) is 27.2 Å². The third kappa shape index (κ3) is 2.36. The van der Waals surface area contributed by atoms with Crippen LogP contribution in [0.4, 0.5) is 0 Å². The molecule has 0 amide bonds. The minimum Gasteiger partial charge on any atom is -0.496 e. The molecule has 1 aromatic heterocycles. The smallest absolute Gasteiger partial charge is 0.122 e. The Hall–Kier alpha value is -1.81. The fourth-order valence-electron chi connectivity index (χ4n) is 2.40. The van der Waals surface area contributed by atoms with E-state index in [-0.39, 0.29) is 0 Å². The Morgan fingerprint density at radius 3 is 2.58 bits per heavy atom. The zero-order valence-electron chi connectivity index (χ0n) is 12.0. The lowest BCUT2D eigenvalue weighted by molar-refractivity contribution is 0.411. The molecule has 0 saturated carbocycles. The number of ether oxygens (including phenoxy) is 1. The lowest BCUT2D eigenvalue weighted by atomic mass is 9.96. The van der Waals surface area contributed by atoms with Gasteiger partial charge >= 0.3 is 0 Å². The van der Waals surface area contributed by atoms with Crippen LogP contribution in [0.3, 0.4) is 0 Å². The van der Waals surface area contributed by atoms with Gasteiger partial charge in [-0.2, -0.15) is 5.10 Å². The number of benzene rings is 1. The van der Waals surface area contributed by atoms with E-state index < -0.39 is 0 Å². The third-order valence-electron chi connectivity index (χ3n) is 3.68. The van der Waals surface area contributed by atoms with Crippen molar-refractivity contribution in [3.63, 3.8) is 0 Å². The maximum atomic E-state index is 5.69. The molecule has 2 aromatic rings. The van der Waals surface area contributed by atoms with Crippen molar-refractivity contribution >= 4 is 0 Å². The summed E-state index contributed by atoms with van der Waals surface area (Å²) in [6.07, 6.45) is 0.835. The van der Waals surface area contributed by atoms with Crippen LogP contribution in [0, 0.1) is 20.8 Å². The predicted octanol–water partition coefficient (Wildman–Crippen LogP) is 2.51. The zero-order chi connectivity index (χ0) is 14.0. The minimum atomic E-state index is 0.627. The van der Waals surface area contributed by atoms with Crippen molar-refractivity contribution < 1.29 is 4.74 Å². The standard InChI is InChI=1S/C15H21N3O/c1-9-10(2)14(19-4)6-5-12(9)15-13(7-8-16)11(3)17-18-15/h5-6H,7-8,16H2,1-4H3,(H,17,18). The van der Waals surface area contributed by atoms with Crippen LogP contribution >= 0.6 is 0 Å². The summed E-state index contributed by atoms with van der Waals surface area (Å²) in [6, 6.07) is 4.06. The molecule has 0 saturated heterocycles. The van der Waals surface area contributed by atoms with E-state index in [0.717, 1.165) is 34.7 Å². The molecule has 19 heavy (non-hydrogen) atoms. The van der Waals surface area contributed by atoms with Gasteiger partial charge in [0.25, 0.3) is 0 Å². The van der Waals surface area contributed by atoms with Gasteiger partial charge in [-0.1, -0.05) is 0 Å². The van der Waals surface area contributed by atoms with Crippen LogP contribution in [-0.4, -0.2) is 23.9 Å². The van der Waals surface area contributed by atoms with Crippen LogP contribution in [0.1, 0.15) is 22.4 Å². The van der Waals surface area contributed by atoms with Crippen LogP contribution in [0.2, 0.25) is 0 Å². The fraction of sp³-hybridized carbons (Fsp3) is 0.400. The van der Waals surface area contributed by atoms with Crippen molar-refractivity contribution in [1.82, 2.24) is 10.2 Å². The van der Waals surface area contributed by atoms with Gasteiger partial charge in [0.15, 0.2) is 0 Å².